The molecule has 0 saturated heterocycles. The quantitative estimate of drug-likeness (QED) is 0.549. The predicted octanol–water partition coefficient (Wildman–Crippen LogP) is 0.433. The van der Waals surface area contributed by atoms with Crippen molar-refractivity contribution in [1.29, 1.82) is 0 Å². The Kier molecular flexibility index (Phi) is 5.78. The fourth-order valence-corrected chi connectivity index (χ4v) is 0.612. The highest BCUT2D eigenvalue weighted by molar-refractivity contribution is 5.74. The Bertz CT molecular complexity index is 116. The van der Waals surface area contributed by atoms with Crippen LogP contribution in [0, 0.1) is 0 Å². The molecule has 0 aliphatic carbocycles. The van der Waals surface area contributed by atoms with E-state index in [1.807, 2.05) is 6.92 Å². The highest BCUT2D eigenvalue weighted by Gasteiger charge is 2.06. The fraction of sp³-hybridized carbons (Fsp3) is 0.857. The number of ether oxygens (including phenoxy) is 1. The Labute approximate surface area is 67.0 Å². The van der Waals surface area contributed by atoms with Crippen LogP contribution in [0.3, 0.4) is 0 Å². The van der Waals surface area contributed by atoms with Crippen molar-refractivity contribution in [2.75, 3.05) is 27.4 Å². The van der Waals surface area contributed by atoms with Gasteiger partial charge < -0.3 is 4.74 Å². The first-order valence-electron chi connectivity index (χ1n) is 3.60. The Morgan fingerprint density at radius 1 is 1.55 bits per heavy atom. The number of carbonyl (C=O) groups excluding carboxylic acids is 1. The Morgan fingerprint density at radius 2 is 2.18 bits per heavy atom. The number of hydrogen-bond acceptors (Lipinski definition) is 3. The summed E-state index contributed by atoms with van der Waals surface area (Å²) >= 11 is 0. The first-order valence-corrected chi connectivity index (χ1v) is 3.60. The molecule has 0 unspecified atom stereocenters. The summed E-state index contributed by atoms with van der Waals surface area (Å²) in [5.74, 6) is -0.0614. The topological polar surface area (TPSA) is 38.8 Å². The minimum atomic E-state index is -0.0614. The summed E-state index contributed by atoms with van der Waals surface area (Å²) in [5, 5.41) is 1.24. The molecule has 11 heavy (non-hydrogen) atoms. The molecule has 0 spiro atoms. The van der Waals surface area contributed by atoms with Crippen molar-refractivity contribution in [3.63, 3.8) is 0 Å². The Hall–Kier alpha value is -0.610. The third-order valence-corrected chi connectivity index (χ3v) is 1.19. The van der Waals surface area contributed by atoms with Crippen molar-refractivity contribution in [1.82, 2.24) is 5.06 Å². The van der Waals surface area contributed by atoms with Gasteiger partial charge in [-0.15, -0.1) is 0 Å². The summed E-state index contributed by atoms with van der Waals surface area (Å²) in [6.07, 6.45) is 0.368. The van der Waals surface area contributed by atoms with E-state index < -0.39 is 0 Å². The fourth-order valence-electron chi connectivity index (χ4n) is 0.612. The molecular weight excluding hydrogens is 146 g/mol. The Balaban J connectivity index is 3.47. The van der Waals surface area contributed by atoms with E-state index in [0.717, 1.165) is 0 Å². The van der Waals surface area contributed by atoms with Gasteiger partial charge in [0.25, 0.3) is 0 Å². The molecule has 0 atom stereocenters. The van der Waals surface area contributed by atoms with Gasteiger partial charge in [0.1, 0.15) is 0 Å². The van der Waals surface area contributed by atoms with E-state index in [0.29, 0.717) is 19.6 Å². The van der Waals surface area contributed by atoms with Gasteiger partial charge in [0.15, 0.2) is 0 Å². The second kappa shape index (κ2) is 6.12. The van der Waals surface area contributed by atoms with E-state index in [1.165, 1.54) is 5.06 Å². The van der Waals surface area contributed by atoms with Crippen molar-refractivity contribution in [3.8, 4) is 0 Å². The average Bonchev–Trinajstić information content (AvgIpc) is 2.00. The molecule has 66 valence electrons. The van der Waals surface area contributed by atoms with Gasteiger partial charge in [-0.1, -0.05) is 0 Å². The zero-order valence-corrected chi connectivity index (χ0v) is 7.29. The van der Waals surface area contributed by atoms with E-state index in [2.05, 4.69) is 0 Å². The molecular formula is C7H15NO3. The highest BCUT2D eigenvalue weighted by Crippen LogP contribution is 1.91. The molecule has 0 radical (unpaired) electrons. The summed E-state index contributed by atoms with van der Waals surface area (Å²) in [6.45, 7) is 2.78. The van der Waals surface area contributed by atoms with Crippen molar-refractivity contribution in [2.45, 2.75) is 13.3 Å². The normalized spacial score (nSPS) is 9.73. The van der Waals surface area contributed by atoms with E-state index in [1.54, 1.807) is 14.2 Å². The summed E-state index contributed by atoms with van der Waals surface area (Å²) < 4.78 is 4.74. The van der Waals surface area contributed by atoms with Crippen LogP contribution >= 0.6 is 0 Å². The molecule has 0 N–H and O–H groups in total. The van der Waals surface area contributed by atoms with E-state index in [4.69, 9.17) is 9.57 Å². The van der Waals surface area contributed by atoms with Crippen LogP contribution in [0.5, 0.6) is 0 Å². The maximum absolute atomic E-state index is 11.0. The minimum Gasteiger partial charge on any atom is -0.384 e. The van der Waals surface area contributed by atoms with Gasteiger partial charge in [-0.05, 0) is 6.92 Å². The SMILES string of the molecule is CCON(C)C(=O)CCOC. The molecule has 0 bridgehead atoms. The lowest BCUT2D eigenvalue weighted by molar-refractivity contribution is -0.177. The smallest absolute Gasteiger partial charge is 0.248 e. The molecule has 1 amide bonds. The zero-order valence-electron chi connectivity index (χ0n) is 7.29. The van der Waals surface area contributed by atoms with Gasteiger partial charge in [0.05, 0.1) is 19.6 Å². The van der Waals surface area contributed by atoms with Crippen molar-refractivity contribution < 1.29 is 14.4 Å². The lowest BCUT2D eigenvalue weighted by Gasteiger charge is -2.14. The molecule has 0 saturated carbocycles. The molecule has 0 aliphatic heterocycles. The van der Waals surface area contributed by atoms with E-state index in [9.17, 15) is 4.79 Å². The van der Waals surface area contributed by atoms with Crippen molar-refractivity contribution in [3.05, 3.63) is 0 Å². The molecule has 4 nitrogen and oxygen atoms in total. The highest BCUT2D eigenvalue weighted by atomic mass is 16.7. The number of rotatable bonds is 5. The van der Waals surface area contributed by atoms with E-state index >= 15 is 0 Å². The van der Waals surface area contributed by atoms with Crippen LogP contribution in [0.1, 0.15) is 13.3 Å². The number of carbonyl (C=O) groups is 1. The van der Waals surface area contributed by atoms with Crippen LogP contribution in [-0.2, 0) is 14.4 Å². The van der Waals surface area contributed by atoms with Crippen LogP contribution in [0.25, 0.3) is 0 Å². The van der Waals surface area contributed by atoms with Gasteiger partial charge in [0.2, 0.25) is 5.91 Å². The van der Waals surface area contributed by atoms with Crippen LogP contribution < -0.4 is 0 Å². The summed E-state index contributed by atoms with van der Waals surface area (Å²) in [6, 6.07) is 0. The van der Waals surface area contributed by atoms with Crippen LogP contribution in [0.4, 0.5) is 0 Å². The summed E-state index contributed by atoms with van der Waals surface area (Å²) in [5.41, 5.74) is 0. The number of methoxy groups -OCH3 is 1. The molecule has 0 fully saturated rings. The first-order chi connectivity index (χ1) is 5.22. The van der Waals surface area contributed by atoms with Gasteiger partial charge in [-0.3, -0.25) is 9.63 Å². The van der Waals surface area contributed by atoms with Gasteiger partial charge in [-0.25, -0.2) is 5.06 Å². The number of hydroxylamine groups is 2. The Morgan fingerprint density at radius 3 is 2.64 bits per heavy atom. The van der Waals surface area contributed by atoms with Gasteiger partial charge in [-0.2, -0.15) is 0 Å². The molecule has 0 aromatic heterocycles. The molecule has 0 rings (SSSR count). The molecule has 0 heterocycles. The molecule has 0 aliphatic rings. The standard InChI is InChI=1S/C7H15NO3/c1-4-11-8(2)7(9)5-6-10-3/h4-6H2,1-3H3. The monoisotopic (exact) mass is 161 g/mol. The predicted molar refractivity (Wildman–Crippen MR) is 40.9 cm³/mol. The first kappa shape index (κ1) is 10.4. The summed E-state index contributed by atoms with van der Waals surface area (Å²) in [7, 11) is 3.16. The lowest BCUT2D eigenvalue weighted by Crippen LogP contribution is -2.27. The third kappa shape index (κ3) is 4.75. The van der Waals surface area contributed by atoms with Crippen LogP contribution in [0.2, 0.25) is 0 Å². The maximum Gasteiger partial charge on any atom is 0.248 e. The van der Waals surface area contributed by atoms with Crippen molar-refractivity contribution >= 4 is 5.91 Å². The maximum atomic E-state index is 11.0. The zero-order chi connectivity index (χ0) is 8.69. The van der Waals surface area contributed by atoms with Crippen LogP contribution in [-0.4, -0.2) is 38.3 Å². The van der Waals surface area contributed by atoms with Gasteiger partial charge in [0, 0.05) is 14.2 Å². The molecule has 0 aromatic carbocycles. The van der Waals surface area contributed by atoms with Crippen LogP contribution in [0.15, 0.2) is 0 Å². The van der Waals surface area contributed by atoms with Crippen molar-refractivity contribution in [2.24, 2.45) is 0 Å². The second-order valence-electron chi connectivity index (χ2n) is 2.05. The summed E-state index contributed by atoms with van der Waals surface area (Å²) in [4.78, 5) is 15.9. The largest absolute Gasteiger partial charge is 0.384 e. The third-order valence-electron chi connectivity index (χ3n) is 1.19. The van der Waals surface area contributed by atoms with E-state index in [-0.39, 0.29) is 5.91 Å². The number of amides is 1. The average molecular weight is 161 g/mol. The number of nitrogens with zero attached hydrogens (tertiary/aromatic N) is 1. The lowest BCUT2D eigenvalue weighted by atomic mass is 10.4. The second-order valence-corrected chi connectivity index (χ2v) is 2.05. The van der Waals surface area contributed by atoms with Gasteiger partial charge >= 0.3 is 0 Å². The molecule has 4 heteroatoms. The minimum absolute atomic E-state index is 0.0614. The molecule has 0 aromatic rings. The number of hydrogen-bond donors (Lipinski definition) is 0.